The molecule has 1 aromatic heterocycles. The number of ether oxygens (including phenoxy) is 1. The first-order valence-corrected chi connectivity index (χ1v) is 8.75. The van der Waals surface area contributed by atoms with Gasteiger partial charge in [0, 0.05) is 17.4 Å². The highest BCUT2D eigenvalue weighted by Crippen LogP contribution is 2.28. The standard InChI is InChI=1S/C22H21N3O3/c1-14-7-8-21(28-3)20(9-14)24-19-11-17(12-23-13-19)22(27)25-18-6-4-5-16(10-18)15(2)26/h4-13,24H,1-3H3,(H,25,27). The van der Waals surface area contributed by atoms with Crippen LogP contribution in [0.15, 0.2) is 60.9 Å². The number of ketones is 1. The van der Waals surface area contributed by atoms with Crippen molar-refractivity contribution in [1.82, 2.24) is 4.98 Å². The molecule has 2 aromatic carbocycles. The summed E-state index contributed by atoms with van der Waals surface area (Å²) < 4.78 is 5.37. The Hall–Kier alpha value is -3.67. The van der Waals surface area contributed by atoms with Crippen molar-refractivity contribution in [2.24, 2.45) is 0 Å². The first-order valence-electron chi connectivity index (χ1n) is 8.75. The average Bonchev–Trinajstić information content (AvgIpc) is 2.68. The first-order chi connectivity index (χ1) is 13.5. The number of amides is 1. The zero-order chi connectivity index (χ0) is 20.1. The molecule has 0 saturated carbocycles. The van der Waals surface area contributed by atoms with E-state index in [2.05, 4.69) is 15.6 Å². The molecule has 6 heteroatoms. The summed E-state index contributed by atoms with van der Waals surface area (Å²) in [5.74, 6) is 0.325. The summed E-state index contributed by atoms with van der Waals surface area (Å²) in [5.41, 5.74) is 4.01. The van der Waals surface area contributed by atoms with Gasteiger partial charge in [0.15, 0.2) is 5.78 Å². The van der Waals surface area contributed by atoms with Gasteiger partial charge in [-0.25, -0.2) is 0 Å². The van der Waals surface area contributed by atoms with Gasteiger partial charge in [0.05, 0.1) is 30.2 Å². The summed E-state index contributed by atoms with van der Waals surface area (Å²) in [6, 6.07) is 14.3. The molecule has 142 valence electrons. The number of hydrogen-bond acceptors (Lipinski definition) is 5. The van der Waals surface area contributed by atoms with E-state index in [4.69, 9.17) is 4.74 Å². The van der Waals surface area contributed by atoms with Crippen LogP contribution in [0.5, 0.6) is 5.75 Å². The van der Waals surface area contributed by atoms with Crippen LogP contribution in [0, 0.1) is 6.92 Å². The monoisotopic (exact) mass is 375 g/mol. The maximum atomic E-state index is 12.6. The smallest absolute Gasteiger partial charge is 0.257 e. The Morgan fingerprint density at radius 1 is 0.964 bits per heavy atom. The summed E-state index contributed by atoms with van der Waals surface area (Å²) in [6.07, 6.45) is 3.12. The third-order valence-electron chi connectivity index (χ3n) is 4.16. The topological polar surface area (TPSA) is 80.3 Å². The van der Waals surface area contributed by atoms with Crippen LogP contribution in [0.25, 0.3) is 0 Å². The number of aromatic nitrogens is 1. The molecule has 0 saturated heterocycles. The van der Waals surface area contributed by atoms with Gasteiger partial charge in [-0.3, -0.25) is 14.6 Å². The van der Waals surface area contributed by atoms with Gasteiger partial charge in [-0.2, -0.15) is 0 Å². The highest BCUT2D eigenvalue weighted by molar-refractivity contribution is 6.05. The lowest BCUT2D eigenvalue weighted by Gasteiger charge is -2.13. The molecule has 28 heavy (non-hydrogen) atoms. The minimum atomic E-state index is -0.312. The Morgan fingerprint density at radius 3 is 2.50 bits per heavy atom. The molecule has 3 aromatic rings. The van der Waals surface area contributed by atoms with Crippen LogP contribution >= 0.6 is 0 Å². The highest BCUT2D eigenvalue weighted by Gasteiger charge is 2.10. The second-order valence-electron chi connectivity index (χ2n) is 6.38. The lowest BCUT2D eigenvalue weighted by atomic mass is 10.1. The number of hydrogen-bond donors (Lipinski definition) is 2. The molecular formula is C22H21N3O3. The molecule has 1 amide bonds. The summed E-state index contributed by atoms with van der Waals surface area (Å²) >= 11 is 0. The highest BCUT2D eigenvalue weighted by atomic mass is 16.5. The molecule has 0 aliphatic heterocycles. The lowest BCUT2D eigenvalue weighted by molar-refractivity contribution is 0.101. The zero-order valence-corrected chi connectivity index (χ0v) is 15.9. The Kier molecular flexibility index (Phi) is 5.69. The number of nitrogens with one attached hydrogen (secondary N) is 2. The van der Waals surface area contributed by atoms with Crippen molar-refractivity contribution in [2.45, 2.75) is 13.8 Å². The number of benzene rings is 2. The van der Waals surface area contributed by atoms with Gasteiger partial charge in [-0.15, -0.1) is 0 Å². The van der Waals surface area contributed by atoms with E-state index >= 15 is 0 Å². The van der Waals surface area contributed by atoms with Crippen molar-refractivity contribution in [3.05, 3.63) is 77.6 Å². The minimum Gasteiger partial charge on any atom is -0.495 e. The largest absolute Gasteiger partial charge is 0.495 e. The first kappa shape index (κ1) is 19.1. The molecular weight excluding hydrogens is 354 g/mol. The van der Waals surface area contributed by atoms with Crippen LogP contribution in [-0.4, -0.2) is 23.8 Å². The molecule has 0 aliphatic carbocycles. The number of carbonyl (C=O) groups is 2. The predicted molar refractivity (Wildman–Crippen MR) is 110 cm³/mol. The molecule has 0 spiro atoms. The third-order valence-corrected chi connectivity index (χ3v) is 4.16. The van der Waals surface area contributed by atoms with E-state index in [-0.39, 0.29) is 11.7 Å². The van der Waals surface area contributed by atoms with E-state index in [1.54, 1.807) is 43.6 Å². The van der Waals surface area contributed by atoms with E-state index in [1.807, 2.05) is 25.1 Å². The second-order valence-corrected chi connectivity index (χ2v) is 6.38. The normalized spacial score (nSPS) is 10.2. The van der Waals surface area contributed by atoms with Gasteiger partial charge < -0.3 is 15.4 Å². The van der Waals surface area contributed by atoms with Crippen LogP contribution in [0.2, 0.25) is 0 Å². The van der Waals surface area contributed by atoms with Crippen LogP contribution < -0.4 is 15.4 Å². The molecule has 6 nitrogen and oxygen atoms in total. The molecule has 2 N–H and O–H groups in total. The van der Waals surface area contributed by atoms with Crippen molar-refractivity contribution in [1.29, 1.82) is 0 Å². The Labute approximate surface area is 163 Å². The molecule has 0 radical (unpaired) electrons. The third kappa shape index (κ3) is 4.54. The van der Waals surface area contributed by atoms with E-state index in [0.717, 1.165) is 11.3 Å². The number of nitrogens with zero attached hydrogens (tertiary/aromatic N) is 1. The molecule has 0 unspecified atom stereocenters. The molecule has 0 aliphatic rings. The van der Waals surface area contributed by atoms with Crippen LogP contribution in [0.4, 0.5) is 17.1 Å². The van der Waals surface area contributed by atoms with Crippen LogP contribution in [-0.2, 0) is 0 Å². The molecule has 0 atom stereocenters. The second kappa shape index (κ2) is 8.35. The number of pyridine rings is 1. The Bertz CT molecular complexity index is 1030. The summed E-state index contributed by atoms with van der Waals surface area (Å²) in [7, 11) is 1.60. The summed E-state index contributed by atoms with van der Waals surface area (Å²) in [5, 5.41) is 6.03. The van der Waals surface area contributed by atoms with E-state index < -0.39 is 0 Å². The van der Waals surface area contributed by atoms with Gasteiger partial charge in [-0.05, 0) is 49.7 Å². The maximum Gasteiger partial charge on any atom is 0.257 e. The SMILES string of the molecule is COc1ccc(C)cc1Nc1cncc(C(=O)Nc2cccc(C(C)=O)c2)c1. The maximum absolute atomic E-state index is 12.6. The zero-order valence-electron chi connectivity index (χ0n) is 15.9. The van der Waals surface area contributed by atoms with Crippen LogP contribution in [0.1, 0.15) is 33.2 Å². The van der Waals surface area contributed by atoms with Crippen molar-refractivity contribution in [2.75, 3.05) is 17.7 Å². The fourth-order valence-corrected chi connectivity index (χ4v) is 2.73. The quantitative estimate of drug-likeness (QED) is 0.616. The number of methoxy groups -OCH3 is 1. The van der Waals surface area contributed by atoms with Gasteiger partial charge in [0.25, 0.3) is 5.91 Å². The van der Waals surface area contributed by atoms with Crippen molar-refractivity contribution in [3.63, 3.8) is 0 Å². The fraction of sp³-hybridized carbons (Fsp3) is 0.136. The van der Waals surface area contributed by atoms with Crippen molar-refractivity contribution in [3.8, 4) is 5.75 Å². The number of carbonyl (C=O) groups excluding carboxylic acids is 2. The van der Waals surface area contributed by atoms with E-state index in [9.17, 15) is 9.59 Å². The van der Waals surface area contributed by atoms with E-state index in [0.29, 0.717) is 28.3 Å². The van der Waals surface area contributed by atoms with Crippen molar-refractivity contribution < 1.29 is 14.3 Å². The predicted octanol–water partition coefficient (Wildman–Crippen LogP) is 4.60. The lowest BCUT2D eigenvalue weighted by Crippen LogP contribution is -2.13. The van der Waals surface area contributed by atoms with Crippen LogP contribution in [0.3, 0.4) is 0 Å². The summed E-state index contributed by atoms with van der Waals surface area (Å²) in [6.45, 7) is 3.47. The Morgan fingerprint density at radius 2 is 1.75 bits per heavy atom. The molecule has 1 heterocycles. The minimum absolute atomic E-state index is 0.0592. The molecule has 3 rings (SSSR count). The van der Waals surface area contributed by atoms with Gasteiger partial charge >= 0.3 is 0 Å². The molecule has 0 bridgehead atoms. The average molecular weight is 375 g/mol. The molecule has 0 fully saturated rings. The number of anilines is 3. The number of aryl methyl sites for hydroxylation is 1. The van der Waals surface area contributed by atoms with Gasteiger partial charge in [-0.1, -0.05) is 18.2 Å². The fourth-order valence-electron chi connectivity index (χ4n) is 2.73. The van der Waals surface area contributed by atoms with Gasteiger partial charge in [0.2, 0.25) is 0 Å². The number of rotatable bonds is 6. The Balaban J connectivity index is 1.79. The number of Topliss-reactive ketones (excluding diaryl/α,β-unsaturated/α-hetero) is 1. The van der Waals surface area contributed by atoms with E-state index in [1.165, 1.54) is 13.1 Å². The van der Waals surface area contributed by atoms with Gasteiger partial charge in [0.1, 0.15) is 5.75 Å². The summed E-state index contributed by atoms with van der Waals surface area (Å²) in [4.78, 5) is 28.2. The van der Waals surface area contributed by atoms with Crippen molar-refractivity contribution >= 4 is 28.8 Å².